The molecule has 2 aliphatic carbocycles. The first kappa shape index (κ1) is 11.0. The van der Waals surface area contributed by atoms with Crippen LogP contribution in [0.3, 0.4) is 0 Å². The van der Waals surface area contributed by atoms with E-state index in [9.17, 15) is 4.79 Å². The second-order valence-corrected chi connectivity index (χ2v) is 5.91. The Hall–Kier alpha value is -1.11. The number of Topliss-reactive ketones (excluding diaryl/α,β-unsaturated/α-hetero) is 1. The molecule has 0 aliphatic heterocycles. The zero-order chi connectivity index (χ0) is 12.0. The summed E-state index contributed by atoms with van der Waals surface area (Å²) in [5.74, 6) is 0.444. The Bertz CT molecular complexity index is 479. The number of benzene rings is 1. The number of carbonyl (C=O) groups is 1. The van der Waals surface area contributed by atoms with Crippen molar-refractivity contribution in [3.8, 4) is 0 Å². The third-order valence-electron chi connectivity index (χ3n) is 4.88. The molecule has 1 spiro atoms. The van der Waals surface area contributed by atoms with Gasteiger partial charge in [-0.05, 0) is 62.3 Å². The largest absolute Gasteiger partial charge is 0.294 e. The summed E-state index contributed by atoms with van der Waals surface area (Å²) in [5, 5.41) is 0. The van der Waals surface area contributed by atoms with E-state index in [1.54, 1.807) is 0 Å². The molecule has 1 aromatic rings. The third-order valence-corrected chi connectivity index (χ3v) is 4.88. The molecular weight excluding hydrogens is 208 g/mol. The van der Waals surface area contributed by atoms with Crippen LogP contribution in [0, 0.1) is 19.3 Å². The molecule has 1 saturated carbocycles. The Labute approximate surface area is 103 Å². The number of hydrogen-bond acceptors (Lipinski definition) is 1. The normalized spacial score (nSPS) is 21.9. The molecule has 0 saturated heterocycles. The summed E-state index contributed by atoms with van der Waals surface area (Å²) in [5.41, 5.74) is 4.91. The third kappa shape index (κ3) is 1.55. The molecule has 17 heavy (non-hydrogen) atoms. The van der Waals surface area contributed by atoms with Gasteiger partial charge in [0.1, 0.15) is 0 Å². The van der Waals surface area contributed by atoms with Gasteiger partial charge in [-0.15, -0.1) is 0 Å². The first-order valence-electron chi connectivity index (χ1n) is 6.77. The van der Waals surface area contributed by atoms with Gasteiger partial charge in [0.15, 0.2) is 5.78 Å². The molecule has 90 valence electrons. The number of carbonyl (C=O) groups excluding carboxylic acids is 1. The van der Waals surface area contributed by atoms with Crippen molar-refractivity contribution in [2.75, 3.05) is 0 Å². The molecule has 1 nitrogen and oxygen atoms in total. The van der Waals surface area contributed by atoms with Crippen molar-refractivity contribution in [2.45, 2.75) is 52.4 Å². The van der Waals surface area contributed by atoms with Crippen molar-refractivity contribution >= 4 is 5.78 Å². The van der Waals surface area contributed by atoms with Crippen molar-refractivity contribution < 1.29 is 4.79 Å². The molecule has 0 unspecified atom stereocenters. The van der Waals surface area contributed by atoms with Gasteiger partial charge in [0.05, 0.1) is 0 Å². The Kier molecular flexibility index (Phi) is 2.39. The van der Waals surface area contributed by atoms with Crippen molar-refractivity contribution in [1.29, 1.82) is 0 Å². The predicted octanol–water partition coefficient (Wildman–Crippen LogP) is 3.99. The second kappa shape index (κ2) is 3.69. The van der Waals surface area contributed by atoms with Gasteiger partial charge in [-0.3, -0.25) is 4.79 Å². The highest BCUT2D eigenvalue weighted by atomic mass is 16.1. The zero-order valence-electron chi connectivity index (χ0n) is 10.8. The standard InChI is InChI=1S/C16H20O/c1-11-9-13-5-8-16(6-3-4-7-16)15(17)14(13)10-12(11)2/h9-10H,3-8H2,1-2H3. The predicted molar refractivity (Wildman–Crippen MR) is 69.5 cm³/mol. The lowest BCUT2D eigenvalue weighted by atomic mass is 9.69. The topological polar surface area (TPSA) is 17.1 Å². The van der Waals surface area contributed by atoms with Gasteiger partial charge in [0.2, 0.25) is 0 Å². The van der Waals surface area contributed by atoms with E-state index in [2.05, 4.69) is 26.0 Å². The van der Waals surface area contributed by atoms with Gasteiger partial charge >= 0.3 is 0 Å². The van der Waals surface area contributed by atoms with Crippen molar-refractivity contribution in [3.63, 3.8) is 0 Å². The van der Waals surface area contributed by atoms with E-state index in [4.69, 9.17) is 0 Å². The molecule has 0 N–H and O–H groups in total. The van der Waals surface area contributed by atoms with E-state index in [0.717, 1.165) is 31.2 Å². The summed E-state index contributed by atoms with van der Waals surface area (Å²) in [6, 6.07) is 4.36. The van der Waals surface area contributed by atoms with Gasteiger partial charge in [0.25, 0.3) is 0 Å². The summed E-state index contributed by atoms with van der Waals surface area (Å²) < 4.78 is 0. The number of ketones is 1. The van der Waals surface area contributed by atoms with Gasteiger partial charge in [0, 0.05) is 11.0 Å². The number of rotatable bonds is 0. The van der Waals surface area contributed by atoms with Crippen LogP contribution in [-0.4, -0.2) is 5.78 Å². The van der Waals surface area contributed by atoms with E-state index in [1.165, 1.54) is 29.5 Å². The van der Waals surface area contributed by atoms with Gasteiger partial charge in [-0.25, -0.2) is 0 Å². The lowest BCUT2D eigenvalue weighted by Crippen LogP contribution is -2.33. The molecule has 2 aliphatic rings. The maximum Gasteiger partial charge on any atom is 0.169 e. The number of aryl methyl sites for hydroxylation is 3. The van der Waals surface area contributed by atoms with Crippen LogP contribution in [0.5, 0.6) is 0 Å². The lowest BCUT2D eigenvalue weighted by molar-refractivity contribution is 0.0765. The summed E-state index contributed by atoms with van der Waals surface area (Å²) in [6.07, 6.45) is 6.91. The monoisotopic (exact) mass is 228 g/mol. The smallest absolute Gasteiger partial charge is 0.169 e. The Morgan fingerprint density at radius 1 is 1.00 bits per heavy atom. The summed E-state index contributed by atoms with van der Waals surface area (Å²) >= 11 is 0. The van der Waals surface area contributed by atoms with Crippen LogP contribution in [0.25, 0.3) is 0 Å². The second-order valence-electron chi connectivity index (χ2n) is 5.91. The van der Waals surface area contributed by atoms with Gasteiger partial charge < -0.3 is 0 Å². The molecule has 0 radical (unpaired) electrons. The highest BCUT2D eigenvalue weighted by Gasteiger charge is 2.44. The Morgan fingerprint density at radius 3 is 2.35 bits per heavy atom. The highest BCUT2D eigenvalue weighted by molar-refractivity contribution is 6.03. The van der Waals surface area contributed by atoms with Gasteiger partial charge in [-0.2, -0.15) is 0 Å². The molecule has 0 heterocycles. The van der Waals surface area contributed by atoms with Crippen LogP contribution in [0.15, 0.2) is 12.1 Å². The molecule has 0 aromatic heterocycles. The molecule has 0 bridgehead atoms. The molecule has 0 atom stereocenters. The minimum atomic E-state index is 0.0225. The first-order chi connectivity index (χ1) is 8.12. The van der Waals surface area contributed by atoms with E-state index in [0.29, 0.717) is 5.78 Å². The van der Waals surface area contributed by atoms with Crippen LogP contribution in [0.2, 0.25) is 0 Å². The van der Waals surface area contributed by atoms with E-state index in [1.807, 2.05) is 0 Å². The van der Waals surface area contributed by atoms with Crippen LogP contribution in [-0.2, 0) is 6.42 Å². The maximum absolute atomic E-state index is 12.7. The van der Waals surface area contributed by atoms with E-state index >= 15 is 0 Å². The van der Waals surface area contributed by atoms with Gasteiger partial charge in [-0.1, -0.05) is 18.9 Å². The number of fused-ring (bicyclic) bond motifs is 1. The van der Waals surface area contributed by atoms with Crippen molar-refractivity contribution in [1.82, 2.24) is 0 Å². The fourth-order valence-corrected chi connectivity index (χ4v) is 3.60. The molecule has 1 heteroatoms. The van der Waals surface area contributed by atoms with Crippen molar-refractivity contribution in [3.05, 3.63) is 34.4 Å². The quantitative estimate of drug-likeness (QED) is 0.656. The maximum atomic E-state index is 12.7. The van der Waals surface area contributed by atoms with Crippen molar-refractivity contribution in [2.24, 2.45) is 5.41 Å². The minimum absolute atomic E-state index is 0.0225. The van der Waals surface area contributed by atoms with Crippen LogP contribution in [0.4, 0.5) is 0 Å². The number of hydrogen-bond donors (Lipinski definition) is 0. The van der Waals surface area contributed by atoms with E-state index < -0.39 is 0 Å². The fourth-order valence-electron chi connectivity index (χ4n) is 3.60. The average molecular weight is 228 g/mol. The summed E-state index contributed by atoms with van der Waals surface area (Å²) in [7, 11) is 0. The fraction of sp³-hybridized carbons (Fsp3) is 0.562. The minimum Gasteiger partial charge on any atom is -0.294 e. The Balaban J connectivity index is 2.08. The SMILES string of the molecule is Cc1cc2c(cc1C)C(=O)C1(CCCC1)CC2. The molecule has 0 amide bonds. The highest BCUT2D eigenvalue weighted by Crippen LogP contribution is 2.47. The van der Waals surface area contributed by atoms with Crippen LogP contribution >= 0.6 is 0 Å². The van der Waals surface area contributed by atoms with E-state index in [-0.39, 0.29) is 5.41 Å². The van der Waals surface area contributed by atoms with Crippen LogP contribution < -0.4 is 0 Å². The Morgan fingerprint density at radius 2 is 1.65 bits per heavy atom. The molecule has 1 aromatic carbocycles. The molecule has 3 rings (SSSR count). The average Bonchev–Trinajstić information content (AvgIpc) is 2.77. The summed E-state index contributed by atoms with van der Waals surface area (Å²) in [6.45, 7) is 4.25. The zero-order valence-corrected chi connectivity index (χ0v) is 10.8. The lowest BCUT2D eigenvalue weighted by Gasteiger charge is -2.33. The molecule has 1 fully saturated rings. The summed E-state index contributed by atoms with van der Waals surface area (Å²) in [4.78, 5) is 12.7. The first-order valence-corrected chi connectivity index (χ1v) is 6.77. The molecular formula is C16H20O. The van der Waals surface area contributed by atoms with Crippen LogP contribution in [0.1, 0.15) is 59.2 Å².